The zero-order valence-corrected chi connectivity index (χ0v) is 12.4. The molecule has 0 unspecified atom stereocenters. The molecule has 8 heteroatoms. The molecule has 4 nitrogen and oxygen atoms in total. The van der Waals surface area contributed by atoms with Crippen molar-refractivity contribution in [2.45, 2.75) is 42.8 Å². The Hall–Kier alpha value is -1.59. The maximum atomic E-state index is 12.8. The van der Waals surface area contributed by atoms with Crippen molar-refractivity contribution in [2.75, 3.05) is 0 Å². The molecule has 1 saturated carbocycles. The van der Waals surface area contributed by atoms with E-state index >= 15 is 0 Å². The van der Waals surface area contributed by atoms with Gasteiger partial charge in [-0.05, 0) is 37.5 Å². The molecule has 0 amide bonds. The van der Waals surface area contributed by atoms with Gasteiger partial charge in [-0.3, -0.25) is 0 Å². The first kappa shape index (κ1) is 16.8. The summed E-state index contributed by atoms with van der Waals surface area (Å²) in [5.41, 5.74) is 0.180. The highest BCUT2D eigenvalue weighted by atomic mass is 32.2. The van der Waals surface area contributed by atoms with E-state index in [0.717, 1.165) is 0 Å². The van der Waals surface area contributed by atoms with Crippen LogP contribution in [-0.2, 0) is 10.0 Å². The van der Waals surface area contributed by atoms with Gasteiger partial charge in [-0.1, -0.05) is 12.5 Å². The second kappa shape index (κ2) is 6.26. The van der Waals surface area contributed by atoms with Gasteiger partial charge in [-0.2, -0.15) is 18.4 Å². The minimum absolute atomic E-state index is 0.0334. The van der Waals surface area contributed by atoms with Gasteiger partial charge in [-0.15, -0.1) is 0 Å². The molecule has 120 valence electrons. The molecule has 0 radical (unpaired) electrons. The first-order chi connectivity index (χ1) is 10.2. The van der Waals surface area contributed by atoms with Crippen LogP contribution in [0.2, 0.25) is 0 Å². The van der Waals surface area contributed by atoms with Gasteiger partial charge in [0.2, 0.25) is 10.0 Å². The third-order valence-corrected chi connectivity index (χ3v) is 5.25. The summed E-state index contributed by atoms with van der Waals surface area (Å²) < 4.78 is 65.0. The fraction of sp³-hybridized carbons (Fsp3) is 0.500. The van der Waals surface area contributed by atoms with E-state index in [0.29, 0.717) is 12.8 Å². The summed E-state index contributed by atoms with van der Waals surface area (Å²) >= 11 is 0. The van der Waals surface area contributed by atoms with Crippen molar-refractivity contribution in [3.63, 3.8) is 0 Å². The molecule has 0 spiro atoms. The summed E-state index contributed by atoms with van der Waals surface area (Å²) in [7, 11) is -3.93. The van der Waals surface area contributed by atoms with Crippen molar-refractivity contribution in [1.82, 2.24) is 4.72 Å². The predicted molar refractivity (Wildman–Crippen MR) is 73.3 cm³/mol. The van der Waals surface area contributed by atoms with Gasteiger partial charge in [0.1, 0.15) is 0 Å². The second-order valence-electron chi connectivity index (χ2n) is 5.36. The van der Waals surface area contributed by atoms with Crippen LogP contribution in [-0.4, -0.2) is 20.6 Å². The van der Waals surface area contributed by atoms with E-state index < -0.39 is 28.2 Å². The smallest absolute Gasteiger partial charge is 0.208 e. The second-order valence-corrected chi connectivity index (χ2v) is 7.08. The predicted octanol–water partition coefficient (Wildman–Crippen LogP) is 2.96. The fourth-order valence-electron chi connectivity index (χ4n) is 2.61. The molecule has 0 aromatic heterocycles. The van der Waals surface area contributed by atoms with Crippen molar-refractivity contribution < 1.29 is 21.6 Å². The number of rotatable bonds is 3. The van der Waals surface area contributed by atoms with Gasteiger partial charge in [0, 0.05) is 6.04 Å². The van der Waals surface area contributed by atoms with Gasteiger partial charge in [0.05, 0.1) is 22.4 Å². The summed E-state index contributed by atoms with van der Waals surface area (Å²) in [4.78, 5) is -0.110. The lowest BCUT2D eigenvalue weighted by Crippen LogP contribution is -2.41. The van der Waals surface area contributed by atoms with Crippen LogP contribution in [0.5, 0.6) is 0 Å². The number of sulfonamides is 1. The Balaban J connectivity index is 2.13. The first-order valence-corrected chi connectivity index (χ1v) is 8.30. The average Bonchev–Trinajstić information content (AvgIpc) is 2.46. The monoisotopic (exact) mass is 332 g/mol. The van der Waals surface area contributed by atoms with Crippen LogP contribution in [0.25, 0.3) is 0 Å². The van der Waals surface area contributed by atoms with Crippen molar-refractivity contribution in [2.24, 2.45) is 5.92 Å². The summed E-state index contributed by atoms with van der Waals surface area (Å²) in [5.74, 6) is -1.47. The zero-order valence-electron chi connectivity index (χ0n) is 11.6. The molecule has 1 fully saturated rings. The van der Waals surface area contributed by atoms with E-state index in [-0.39, 0.29) is 23.3 Å². The van der Waals surface area contributed by atoms with E-state index in [1.165, 1.54) is 24.3 Å². The van der Waals surface area contributed by atoms with Gasteiger partial charge in [0.25, 0.3) is 0 Å². The molecule has 1 aromatic rings. The highest BCUT2D eigenvalue weighted by molar-refractivity contribution is 7.89. The third kappa shape index (κ3) is 3.99. The van der Waals surface area contributed by atoms with Crippen LogP contribution in [0.1, 0.15) is 31.2 Å². The third-order valence-electron chi connectivity index (χ3n) is 3.73. The molecule has 0 saturated heterocycles. The van der Waals surface area contributed by atoms with Crippen LogP contribution in [0, 0.1) is 17.2 Å². The number of benzene rings is 1. The minimum atomic E-state index is -4.30. The van der Waals surface area contributed by atoms with E-state index in [1.54, 1.807) is 0 Å². The highest BCUT2D eigenvalue weighted by Crippen LogP contribution is 2.37. The maximum absolute atomic E-state index is 12.8. The molecular formula is C14H15F3N2O2S. The quantitative estimate of drug-likeness (QED) is 0.925. The molecular weight excluding hydrogens is 317 g/mol. The Kier molecular flexibility index (Phi) is 4.78. The van der Waals surface area contributed by atoms with Gasteiger partial charge >= 0.3 is 6.18 Å². The SMILES string of the molecule is N#Cc1cccc(S(=O)(=O)N[C@@H]2CCC[C@@H](C(F)(F)F)C2)c1. The topological polar surface area (TPSA) is 70.0 Å². The summed E-state index contributed by atoms with van der Waals surface area (Å²) in [6.07, 6.45) is -3.81. The van der Waals surface area contributed by atoms with Crippen LogP contribution in [0.15, 0.2) is 29.2 Å². The van der Waals surface area contributed by atoms with Crippen LogP contribution in [0.3, 0.4) is 0 Å². The van der Waals surface area contributed by atoms with Gasteiger partial charge in [0.15, 0.2) is 0 Å². The van der Waals surface area contributed by atoms with Gasteiger partial charge in [-0.25, -0.2) is 13.1 Å². The lowest BCUT2D eigenvalue weighted by molar-refractivity contribution is -0.183. The van der Waals surface area contributed by atoms with Crippen LogP contribution >= 0.6 is 0 Å². The lowest BCUT2D eigenvalue weighted by atomic mass is 9.86. The Morgan fingerprint density at radius 2 is 2.00 bits per heavy atom. The standard InChI is InChI=1S/C14H15F3N2O2S/c15-14(16,17)11-4-2-5-12(8-11)19-22(20,21)13-6-1-3-10(7-13)9-18/h1,3,6-7,11-12,19H,2,4-5,8H2/t11-,12-/m1/s1. The average molecular weight is 332 g/mol. The number of hydrogen-bond acceptors (Lipinski definition) is 3. The summed E-state index contributed by atoms with van der Waals surface area (Å²) in [5, 5.41) is 8.78. The highest BCUT2D eigenvalue weighted by Gasteiger charge is 2.42. The molecule has 1 aliphatic carbocycles. The van der Waals surface area contributed by atoms with E-state index in [4.69, 9.17) is 5.26 Å². The summed E-state index contributed by atoms with van der Waals surface area (Å²) in [6, 6.07) is 6.48. The fourth-order valence-corrected chi connectivity index (χ4v) is 3.94. The molecule has 2 rings (SSSR count). The van der Waals surface area contributed by atoms with Gasteiger partial charge < -0.3 is 0 Å². The first-order valence-electron chi connectivity index (χ1n) is 6.81. The van der Waals surface area contributed by atoms with Crippen molar-refractivity contribution >= 4 is 10.0 Å². The largest absolute Gasteiger partial charge is 0.391 e. The molecule has 22 heavy (non-hydrogen) atoms. The van der Waals surface area contributed by atoms with Crippen LogP contribution in [0.4, 0.5) is 13.2 Å². The molecule has 1 N–H and O–H groups in total. The Morgan fingerprint density at radius 1 is 1.27 bits per heavy atom. The van der Waals surface area contributed by atoms with E-state index in [2.05, 4.69) is 4.72 Å². The minimum Gasteiger partial charge on any atom is -0.208 e. The Bertz CT molecular complexity index is 680. The number of alkyl halides is 3. The van der Waals surface area contributed by atoms with E-state index in [9.17, 15) is 21.6 Å². The Morgan fingerprint density at radius 3 is 2.64 bits per heavy atom. The number of nitrogens with one attached hydrogen (secondary N) is 1. The van der Waals surface area contributed by atoms with Crippen molar-refractivity contribution in [1.29, 1.82) is 5.26 Å². The number of hydrogen-bond donors (Lipinski definition) is 1. The molecule has 1 aliphatic rings. The zero-order chi connectivity index (χ0) is 16.4. The van der Waals surface area contributed by atoms with E-state index in [1.807, 2.05) is 6.07 Å². The van der Waals surface area contributed by atoms with Crippen molar-refractivity contribution in [3.8, 4) is 6.07 Å². The van der Waals surface area contributed by atoms with Crippen molar-refractivity contribution in [3.05, 3.63) is 29.8 Å². The summed E-state index contributed by atoms with van der Waals surface area (Å²) in [6.45, 7) is 0. The number of halogens is 3. The number of nitrogens with zero attached hydrogens (tertiary/aromatic N) is 1. The maximum Gasteiger partial charge on any atom is 0.391 e. The Labute approximate surface area is 127 Å². The molecule has 0 heterocycles. The lowest BCUT2D eigenvalue weighted by Gasteiger charge is -2.30. The normalized spacial score (nSPS) is 23.0. The molecule has 1 aromatic carbocycles. The molecule has 0 aliphatic heterocycles. The number of nitriles is 1. The molecule has 2 atom stereocenters. The van der Waals surface area contributed by atoms with Crippen LogP contribution < -0.4 is 4.72 Å². The molecule has 0 bridgehead atoms.